The van der Waals surface area contributed by atoms with Crippen molar-refractivity contribution in [1.82, 2.24) is 4.90 Å². The van der Waals surface area contributed by atoms with Gasteiger partial charge in [-0.3, -0.25) is 9.11 Å². The molecule has 2 rings (SSSR count). The van der Waals surface area contributed by atoms with Gasteiger partial charge in [0, 0.05) is 41.6 Å². The average molecular weight is 317 g/mol. The first-order chi connectivity index (χ1) is 10.7. The Bertz CT molecular complexity index is 584. The number of hydrogen-bond acceptors (Lipinski definition) is 3. The molecule has 0 aliphatic carbocycles. The summed E-state index contributed by atoms with van der Waals surface area (Å²) in [6.45, 7) is 2.52. The summed E-state index contributed by atoms with van der Waals surface area (Å²) in [4.78, 5) is 3.09. The lowest BCUT2D eigenvalue weighted by atomic mass is 10.1. The summed E-state index contributed by atoms with van der Waals surface area (Å²) < 4.78 is 11.4. The number of nitrogens with zero attached hydrogens (tertiary/aromatic N) is 1. The van der Waals surface area contributed by atoms with Crippen LogP contribution < -0.4 is 0 Å². The summed E-state index contributed by atoms with van der Waals surface area (Å²) in [5.41, 5.74) is 2.48. The minimum Gasteiger partial charge on any atom is -0.395 e. The number of aliphatic hydroxyl groups excluding tert-OH is 1. The highest BCUT2D eigenvalue weighted by molar-refractivity contribution is 7.84. The molecule has 0 aromatic heterocycles. The van der Waals surface area contributed by atoms with Gasteiger partial charge in [0.2, 0.25) is 0 Å². The van der Waals surface area contributed by atoms with E-state index in [0.29, 0.717) is 6.54 Å². The van der Waals surface area contributed by atoms with Crippen molar-refractivity contribution >= 4 is 10.8 Å². The molecule has 2 aromatic rings. The summed E-state index contributed by atoms with van der Waals surface area (Å²) in [6.07, 6.45) is 2.66. The third-order valence-corrected chi connectivity index (χ3v) is 4.57. The molecule has 0 amide bonds. The Morgan fingerprint density at radius 1 is 0.955 bits per heavy atom. The molecule has 0 aliphatic rings. The fraction of sp³-hybridized carbons (Fsp3) is 0.333. The van der Waals surface area contributed by atoms with Crippen molar-refractivity contribution < 1.29 is 9.32 Å². The van der Waals surface area contributed by atoms with E-state index in [9.17, 15) is 9.32 Å². The van der Waals surface area contributed by atoms with Gasteiger partial charge in [0.25, 0.3) is 0 Å². The molecule has 0 spiro atoms. The van der Waals surface area contributed by atoms with Crippen molar-refractivity contribution in [3.8, 4) is 0 Å². The first-order valence-corrected chi connectivity index (χ1v) is 9.04. The van der Waals surface area contributed by atoms with E-state index < -0.39 is 10.8 Å². The van der Waals surface area contributed by atoms with Gasteiger partial charge in [-0.25, -0.2) is 0 Å². The van der Waals surface area contributed by atoms with Crippen LogP contribution in [0.2, 0.25) is 0 Å². The lowest BCUT2D eigenvalue weighted by Gasteiger charge is -2.21. The van der Waals surface area contributed by atoms with Gasteiger partial charge in [-0.05, 0) is 29.7 Å². The van der Waals surface area contributed by atoms with E-state index in [4.69, 9.17) is 0 Å². The maximum absolute atomic E-state index is 11.4. The van der Waals surface area contributed by atoms with Crippen molar-refractivity contribution in [2.75, 3.05) is 26.0 Å². The summed E-state index contributed by atoms with van der Waals surface area (Å²) in [5.74, 6) is 0. The highest BCUT2D eigenvalue weighted by Crippen LogP contribution is 2.11. The van der Waals surface area contributed by atoms with Gasteiger partial charge >= 0.3 is 0 Å². The van der Waals surface area contributed by atoms with Crippen LogP contribution in [0.1, 0.15) is 11.1 Å². The Morgan fingerprint density at radius 2 is 1.64 bits per heavy atom. The van der Waals surface area contributed by atoms with E-state index in [1.54, 1.807) is 6.26 Å². The maximum atomic E-state index is 11.4. The number of hydrogen-bond donors (Lipinski definition) is 1. The van der Waals surface area contributed by atoms with Gasteiger partial charge in [-0.1, -0.05) is 42.5 Å². The van der Waals surface area contributed by atoms with Crippen molar-refractivity contribution in [1.29, 1.82) is 0 Å². The zero-order chi connectivity index (χ0) is 15.8. The standard InChI is InChI=1S/C18H23NO2S/c1-22(21)18-9-7-17(8-10-18)15-19(13-14-20)12-11-16-5-3-2-4-6-16/h2-10,20H,11-15H2,1H3. The molecule has 4 heteroatoms. The van der Waals surface area contributed by atoms with Crippen LogP contribution in [0.5, 0.6) is 0 Å². The fourth-order valence-corrected chi connectivity index (χ4v) is 2.91. The Labute approximate surface area is 135 Å². The Hall–Kier alpha value is -1.49. The van der Waals surface area contributed by atoms with Crippen LogP contribution in [-0.4, -0.2) is 40.2 Å². The Kier molecular flexibility index (Phi) is 6.77. The SMILES string of the molecule is CS(=O)c1ccc(CN(CCO)CCc2ccccc2)cc1. The first-order valence-electron chi connectivity index (χ1n) is 7.48. The van der Waals surface area contributed by atoms with Gasteiger partial charge < -0.3 is 5.11 Å². The highest BCUT2D eigenvalue weighted by Gasteiger charge is 2.06. The van der Waals surface area contributed by atoms with E-state index >= 15 is 0 Å². The Morgan fingerprint density at radius 3 is 2.23 bits per heavy atom. The molecule has 22 heavy (non-hydrogen) atoms. The van der Waals surface area contributed by atoms with Crippen LogP contribution in [0.3, 0.4) is 0 Å². The summed E-state index contributed by atoms with van der Waals surface area (Å²) in [5, 5.41) is 9.25. The molecule has 0 heterocycles. The molecule has 1 unspecified atom stereocenters. The third-order valence-electron chi connectivity index (χ3n) is 3.64. The molecular weight excluding hydrogens is 294 g/mol. The molecule has 0 bridgehead atoms. The fourth-order valence-electron chi connectivity index (χ4n) is 2.39. The molecule has 1 N–H and O–H groups in total. The van der Waals surface area contributed by atoms with Gasteiger partial charge in [0.15, 0.2) is 0 Å². The zero-order valence-electron chi connectivity index (χ0n) is 12.9. The van der Waals surface area contributed by atoms with Gasteiger partial charge in [-0.2, -0.15) is 0 Å². The topological polar surface area (TPSA) is 40.5 Å². The third kappa shape index (κ3) is 5.37. The van der Waals surface area contributed by atoms with Gasteiger partial charge in [0.05, 0.1) is 6.61 Å². The van der Waals surface area contributed by atoms with E-state index in [2.05, 4.69) is 29.2 Å². The van der Waals surface area contributed by atoms with Crippen molar-refractivity contribution in [2.24, 2.45) is 0 Å². The number of rotatable bonds is 8. The second-order valence-electron chi connectivity index (χ2n) is 5.33. The molecule has 0 saturated heterocycles. The summed E-state index contributed by atoms with van der Waals surface area (Å²) >= 11 is 0. The number of aliphatic hydroxyl groups is 1. The Balaban J connectivity index is 1.94. The van der Waals surface area contributed by atoms with E-state index in [-0.39, 0.29) is 6.61 Å². The van der Waals surface area contributed by atoms with Crippen LogP contribution in [-0.2, 0) is 23.8 Å². The largest absolute Gasteiger partial charge is 0.395 e. The second kappa shape index (κ2) is 8.83. The van der Waals surface area contributed by atoms with Gasteiger partial charge in [0.1, 0.15) is 0 Å². The molecule has 3 nitrogen and oxygen atoms in total. The second-order valence-corrected chi connectivity index (χ2v) is 6.71. The quantitative estimate of drug-likeness (QED) is 0.813. The molecular formula is C18H23NO2S. The van der Waals surface area contributed by atoms with E-state index in [0.717, 1.165) is 24.4 Å². The highest BCUT2D eigenvalue weighted by atomic mass is 32.2. The van der Waals surface area contributed by atoms with Crippen molar-refractivity contribution in [3.05, 3.63) is 65.7 Å². The molecule has 118 valence electrons. The normalized spacial score (nSPS) is 12.5. The van der Waals surface area contributed by atoms with Crippen molar-refractivity contribution in [3.63, 3.8) is 0 Å². The average Bonchev–Trinajstić information content (AvgIpc) is 2.54. The molecule has 2 aromatic carbocycles. The molecule has 0 aliphatic heterocycles. The van der Waals surface area contributed by atoms with E-state index in [1.165, 1.54) is 11.1 Å². The minimum atomic E-state index is -0.935. The molecule has 0 radical (unpaired) electrons. The lowest BCUT2D eigenvalue weighted by molar-refractivity contribution is 0.191. The van der Waals surface area contributed by atoms with Crippen LogP contribution in [0, 0.1) is 0 Å². The van der Waals surface area contributed by atoms with Crippen LogP contribution in [0.4, 0.5) is 0 Å². The smallest absolute Gasteiger partial charge is 0.0558 e. The van der Waals surface area contributed by atoms with Crippen LogP contribution >= 0.6 is 0 Å². The molecule has 1 atom stereocenters. The summed E-state index contributed by atoms with van der Waals surface area (Å²) in [6, 6.07) is 18.2. The predicted octanol–water partition coefficient (Wildman–Crippen LogP) is 2.46. The number of benzene rings is 2. The monoisotopic (exact) mass is 317 g/mol. The molecule has 0 saturated carbocycles. The van der Waals surface area contributed by atoms with Crippen LogP contribution in [0.25, 0.3) is 0 Å². The van der Waals surface area contributed by atoms with Crippen molar-refractivity contribution in [2.45, 2.75) is 17.9 Å². The first kappa shape index (κ1) is 16.9. The zero-order valence-corrected chi connectivity index (χ0v) is 13.8. The summed E-state index contributed by atoms with van der Waals surface area (Å²) in [7, 11) is -0.935. The lowest BCUT2D eigenvalue weighted by Crippen LogP contribution is -2.28. The molecule has 0 fully saturated rings. The maximum Gasteiger partial charge on any atom is 0.0558 e. The predicted molar refractivity (Wildman–Crippen MR) is 91.3 cm³/mol. The van der Waals surface area contributed by atoms with E-state index in [1.807, 2.05) is 30.3 Å². The minimum absolute atomic E-state index is 0.159. The van der Waals surface area contributed by atoms with Crippen LogP contribution in [0.15, 0.2) is 59.5 Å². The van der Waals surface area contributed by atoms with Gasteiger partial charge in [-0.15, -0.1) is 0 Å².